The smallest absolute Gasteiger partial charge is 0.306 e. The van der Waals surface area contributed by atoms with Gasteiger partial charge < -0.3 is 14.6 Å². The summed E-state index contributed by atoms with van der Waals surface area (Å²) in [5.41, 5.74) is 0. The van der Waals surface area contributed by atoms with Crippen molar-refractivity contribution in [3.63, 3.8) is 0 Å². The zero-order valence-electron chi connectivity index (χ0n) is 38.4. The van der Waals surface area contributed by atoms with E-state index in [1.165, 1.54) is 212 Å². The molecule has 0 heterocycles. The fourth-order valence-electron chi connectivity index (χ4n) is 7.65. The highest BCUT2D eigenvalue weighted by Gasteiger charge is 2.16. The first-order valence-corrected chi connectivity index (χ1v) is 25.4. The Morgan fingerprint density at radius 2 is 0.702 bits per heavy atom. The molecule has 1 N–H and O–H groups in total. The Bertz CT molecular complexity index is 867. The van der Waals surface area contributed by atoms with E-state index in [-0.39, 0.29) is 25.2 Å². The van der Waals surface area contributed by atoms with E-state index in [0.717, 1.165) is 38.5 Å². The first kappa shape index (κ1) is 55.4. The number of esters is 2. The van der Waals surface area contributed by atoms with Crippen molar-refractivity contribution in [1.29, 1.82) is 0 Å². The van der Waals surface area contributed by atoms with Crippen LogP contribution in [0.25, 0.3) is 0 Å². The van der Waals surface area contributed by atoms with Crippen molar-refractivity contribution >= 4 is 11.9 Å². The van der Waals surface area contributed by atoms with E-state index in [0.29, 0.717) is 12.8 Å². The van der Waals surface area contributed by atoms with E-state index in [2.05, 4.69) is 38.2 Å². The molecule has 0 aliphatic carbocycles. The van der Waals surface area contributed by atoms with E-state index in [9.17, 15) is 14.7 Å². The molecule has 57 heavy (non-hydrogen) atoms. The minimum atomic E-state index is -0.767. The highest BCUT2D eigenvalue weighted by Crippen LogP contribution is 2.16. The Labute approximate surface area is 355 Å². The molecule has 5 nitrogen and oxygen atoms in total. The summed E-state index contributed by atoms with van der Waals surface area (Å²) in [6.45, 7) is 4.17. The van der Waals surface area contributed by atoms with Gasteiger partial charge in [-0.2, -0.15) is 0 Å². The van der Waals surface area contributed by atoms with Gasteiger partial charge in [0, 0.05) is 12.8 Å². The monoisotopic (exact) mass is 803 g/mol. The summed E-state index contributed by atoms with van der Waals surface area (Å²) in [5, 5.41) is 9.61. The summed E-state index contributed by atoms with van der Waals surface area (Å²) in [6.07, 6.45) is 59.9. The molecule has 0 aromatic rings. The number of aliphatic hydroxyl groups excluding tert-OH is 1. The second-order valence-corrected chi connectivity index (χ2v) is 17.3. The van der Waals surface area contributed by atoms with Gasteiger partial charge in [-0.1, -0.05) is 244 Å². The van der Waals surface area contributed by atoms with Crippen molar-refractivity contribution < 1.29 is 24.2 Å². The average molecular weight is 803 g/mol. The van der Waals surface area contributed by atoms with Crippen LogP contribution in [0.4, 0.5) is 0 Å². The SMILES string of the molecule is CCCCCCC/C=C\C/C=C\CCCCCCCCCCCCCCCCCC(=O)OC(CO)COC(=O)CCCCCCCCCCCCCCCCCC. The van der Waals surface area contributed by atoms with Crippen LogP contribution < -0.4 is 0 Å². The van der Waals surface area contributed by atoms with Gasteiger partial charge in [0.05, 0.1) is 6.61 Å². The number of carbonyl (C=O) groups is 2. The third-order valence-corrected chi connectivity index (χ3v) is 11.5. The number of hydrogen-bond acceptors (Lipinski definition) is 5. The third kappa shape index (κ3) is 46.9. The van der Waals surface area contributed by atoms with Crippen LogP contribution in [-0.4, -0.2) is 36.4 Å². The maximum absolute atomic E-state index is 12.3. The fraction of sp³-hybridized carbons (Fsp3) is 0.885. The predicted molar refractivity (Wildman–Crippen MR) is 247 cm³/mol. The highest BCUT2D eigenvalue weighted by molar-refractivity contribution is 5.70. The number of ether oxygens (including phenoxy) is 2. The summed E-state index contributed by atoms with van der Waals surface area (Å²) in [5.74, 6) is -0.574. The van der Waals surface area contributed by atoms with Gasteiger partial charge >= 0.3 is 11.9 Å². The second kappa shape index (κ2) is 48.7. The Kier molecular flexibility index (Phi) is 47.4. The van der Waals surface area contributed by atoms with Crippen molar-refractivity contribution in [2.45, 2.75) is 283 Å². The molecular formula is C52H98O5. The van der Waals surface area contributed by atoms with Gasteiger partial charge in [0.1, 0.15) is 6.61 Å². The topological polar surface area (TPSA) is 72.8 Å². The molecule has 1 atom stereocenters. The quantitative estimate of drug-likeness (QED) is 0.0377. The Morgan fingerprint density at radius 3 is 1.04 bits per heavy atom. The molecule has 0 spiro atoms. The molecule has 336 valence electrons. The Morgan fingerprint density at radius 1 is 0.404 bits per heavy atom. The van der Waals surface area contributed by atoms with Gasteiger partial charge in [-0.15, -0.1) is 0 Å². The zero-order valence-corrected chi connectivity index (χ0v) is 38.4. The standard InChI is InChI=1S/C52H98O5/c1-3-5-7-9-11-13-15-17-19-21-22-23-24-25-26-27-28-29-30-31-33-35-37-39-41-43-45-47-52(55)57-50(48-53)49-56-51(54)46-44-42-40-38-36-34-32-20-18-16-14-12-10-8-6-4-2/h15,17,21-22,50,53H,3-14,16,18-20,23-49H2,1-2H3/b17-15-,22-21-. The van der Waals surface area contributed by atoms with Gasteiger partial charge in [-0.25, -0.2) is 0 Å². The molecule has 5 heteroatoms. The maximum Gasteiger partial charge on any atom is 0.306 e. The summed E-state index contributed by atoms with van der Waals surface area (Å²) in [7, 11) is 0. The van der Waals surface area contributed by atoms with Crippen molar-refractivity contribution in [2.75, 3.05) is 13.2 Å². The number of unbranched alkanes of at least 4 members (excludes halogenated alkanes) is 35. The zero-order chi connectivity index (χ0) is 41.4. The molecular weight excluding hydrogens is 705 g/mol. The molecule has 0 aromatic carbocycles. The van der Waals surface area contributed by atoms with Gasteiger partial charge in [0.15, 0.2) is 6.10 Å². The summed E-state index contributed by atoms with van der Waals surface area (Å²) >= 11 is 0. The van der Waals surface area contributed by atoms with Gasteiger partial charge in [0.2, 0.25) is 0 Å². The normalized spacial score (nSPS) is 12.3. The van der Waals surface area contributed by atoms with Crippen molar-refractivity contribution in [3.8, 4) is 0 Å². The highest BCUT2D eigenvalue weighted by atomic mass is 16.6. The van der Waals surface area contributed by atoms with Crippen LogP contribution >= 0.6 is 0 Å². The van der Waals surface area contributed by atoms with Crippen molar-refractivity contribution in [1.82, 2.24) is 0 Å². The number of allylic oxidation sites excluding steroid dienone is 4. The third-order valence-electron chi connectivity index (χ3n) is 11.5. The first-order valence-electron chi connectivity index (χ1n) is 25.4. The van der Waals surface area contributed by atoms with Gasteiger partial charge in [-0.05, 0) is 44.9 Å². The van der Waals surface area contributed by atoms with E-state index in [1.54, 1.807) is 0 Å². The molecule has 0 radical (unpaired) electrons. The van der Waals surface area contributed by atoms with E-state index < -0.39 is 6.10 Å². The lowest BCUT2D eigenvalue weighted by Gasteiger charge is -2.15. The predicted octanol–water partition coefficient (Wildman–Crippen LogP) is 16.6. The molecule has 0 aromatic heterocycles. The largest absolute Gasteiger partial charge is 0.462 e. The molecule has 0 rings (SSSR count). The van der Waals surface area contributed by atoms with Crippen LogP contribution in [0.3, 0.4) is 0 Å². The van der Waals surface area contributed by atoms with Gasteiger partial charge in [-0.3, -0.25) is 9.59 Å². The van der Waals surface area contributed by atoms with Crippen LogP contribution in [0, 0.1) is 0 Å². The molecule has 0 saturated carbocycles. The van der Waals surface area contributed by atoms with Crippen LogP contribution in [0.15, 0.2) is 24.3 Å². The van der Waals surface area contributed by atoms with E-state index in [1.807, 2.05) is 0 Å². The van der Waals surface area contributed by atoms with Crippen LogP contribution in [0.5, 0.6) is 0 Å². The lowest BCUT2D eigenvalue weighted by atomic mass is 10.0. The Balaban J connectivity index is 3.44. The second-order valence-electron chi connectivity index (χ2n) is 17.3. The summed E-state index contributed by atoms with van der Waals surface area (Å²) in [4.78, 5) is 24.4. The number of rotatable bonds is 47. The molecule has 0 aliphatic heterocycles. The van der Waals surface area contributed by atoms with Crippen LogP contribution in [0.1, 0.15) is 277 Å². The maximum atomic E-state index is 12.3. The molecule has 0 bridgehead atoms. The minimum Gasteiger partial charge on any atom is -0.462 e. The number of hydrogen-bond donors (Lipinski definition) is 1. The summed E-state index contributed by atoms with van der Waals surface area (Å²) in [6, 6.07) is 0. The van der Waals surface area contributed by atoms with E-state index >= 15 is 0 Å². The van der Waals surface area contributed by atoms with Gasteiger partial charge in [0.25, 0.3) is 0 Å². The van der Waals surface area contributed by atoms with Crippen LogP contribution in [0.2, 0.25) is 0 Å². The molecule has 1 unspecified atom stereocenters. The molecule has 0 fully saturated rings. The lowest BCUT2D eigenvalue weighted by molar-refractivity contribution is -0.161. The van der Waals surface area contributed by atoms with Crippen molar-refractivity contribution in [3.05, 3.63) is 24.3 Å². The minimum absolute atomic E-state index is 0.0596. The molecule has 0 saturated heterocycles. The molecule has 0 aliphatic rings. The molecule has 0 amide bonds. The number of carbonyl (C=O) groups excluding carboxylic acids is 2. The lowest BCUT2D eigenvalue weighted by Crippen LogP contribution is -2.28. The average Bonchev–Trinajstić information content (AvgIpc) is 3.21. The first-order chi connectivity index (χ1) is 28.1. The fourth-order valence-corrected chi connectivity index (χ4v) is 7.65. The number of aliphatic hydroxyl groups is 1. The van der Waals surface area contributed by atoms with E-state index in [4.69, 9.17) is 9.47 Å². The van der Waals surface area contributed by atoms with Crippen molar-refractivity contribution in [2.24, 2.45) is 0 Å². The summed E-state index contributed by atoms with van der Waals surface area (Å²) < 4.78 is 10.7. The van der Waals surface area contributed by atoms with Crippen LogP contribution in [-0.2, 0) is 19.1 Å². The Hall–Kier alpha value is -1.62.